The molecule has 1 amide bonds. The molecule has 4 nitrogen and oxygen atoms in total. The van der Waals surface area contributed by atoms with Crippen LogP contribution in [0.2, 0.25) is 0 Å². The summed E-state index contributed by atoms with van der Waals surface area (Å²) in [6.45, 7) is 1.94. The number of nitrogens with zero attached hydrogens (tertiary/aromatic N) is 1. The van der Waals surface area contributed by atoms with E-state index in [9.17, 15) is 9.59 Å². The van der Waals surface area contributed by atoms with E-state index in [1.165, 1.54) is 16.7 Å². The Bertz CT molecular complexity index is 318. The van der Waals surface area contributed by atoms with Gasteiger partial charge >= 0.3 is 5.97 Å². The summed E-state index contributed by atoms with van der Waals surface area (Å²) in [5, 5.41) is 8.55. The molecule has 78 valence electrons. The maximum Gasteiger partial charge on any atom is 0.319 e. The van der Waals surface area contributed by atoms with Gasteiger partial charge in [0, 0.05) is 12.0 Å². The fourth-order valence-electron chi connectivity index (χ4n) is 1.52. The third kappa shape index (κ3) is 1.50. The standard InChI is InChI=1S/C8H9NO3S.ClH/c1-4-2-9-6(10)5(8(11)12)7(9)13-3-4;/h2,5,7H,3H2,1H3,(H,11,12);1H/t5?,7-;/m0./s1. The molecule has 0 bridgehead atoms. The number of hydrogen-bond donors (Lipinski definition) is 1. The summed E-state index contributed by atoms with van der Waals surface area (Å²) >= 11 is 1.52. The minimum atomic E-state index is -1.01. The van der Waals surface area contributed by atoms with E-state index in [1.807, 2.05) is 6.92 Å². The summed E-state index contributed by atoms with van der Waals surface area (Å²) < 4.78 is 0. The average molecular weight is 236 g/mol. The van der Waals surface area contributed by atoms with Gasteiger partial charge in [-0.15, -0.1) is 24.2 Å². The second kappa shape index (κ2) is 3.82. The van der Waals surface area contributed by atoms with Crippen LogP contribution in [0.25, 0.3) is 0 Å². The number of amides is 1. The summed E-state index contributed by atoms with van der Waals surface area (Å²) in [6.07, 6.45) is 1.75. The zero-order valence-electron chi connectivity index (χ0n) is 7.47. The van der Waals surface area contributed by atoms with Crippen molar-refractivity contribution in [2.24, 2.45) is 5.92 Å². The van der Waals surface area contributed by atoms with Crippen molar-refractivity contribution in [3.05, 3.63) is 11.8 Å². The van der Waals surface area contributed by atoms with Crippen molar-refractivity contribution in [2.45, 2.75) is 12.3 Å². The number of thioether (sulfide) groups is 1. The van der Waals surface area contributed by atoms with Crippen LogP contribution in [-0.2, 0) is 9.59 Å². The van der Waals surface area contributed by atoms with E-state index in [4.69, 9.17) is 5.11 Å². The number of hydrogen-bond acceptors (Lipinski definition) is 3. The molecule has 1 unspecified atom stereocenters. The number of halogens is 1. The number of carboxylic acid groups (broad SMARTS) is 1. The Labute approximate surface area is 91.7 Å². The molecule has 2 atom stereocenters. The predicted molar refractivity (Wildman–Crippen MR) is 55.2 cm³/mol. The van der Waals surface area contributed by atoms with Gasteiger partial charge in [0.25, 0.3) is 0 Å². The van der Waals surface area contributed by atoms with E-state index in [2.05, 4.69) is 0 Å². The van der Waals surface area contributed by atoms with Crippen molar-refractivity contribution in [1.82, 2.24) is 4.90 Å². The summed E-state index contributed by atoms with van der Waals surface area (Å²) in [7, 11) is 0. The smallest absolute Gasteiger partial charge is 0.319 e. The van der Waals surface area contributed by atoms with Crippen molar-refractivity contribution < 1.29 is 14.7 Å². The molecule has 6 heteroatoms. The molecule has 1 fully saturated rings. The van der Waals surface area contributed by atoms with Gasteiger partial charge in [-0.3, -0.25) is 9.59 Å². The Morgan fingerprint density at radius 2 is 2.36 bits per heavy atom. The van der Waals surface area contributed by atoms with Gasteiger partial charge in [0.15, 0.2) is 5.92 Å². The molecule has 0 aromatic carbocycles. The van der Waals surface area contributed by atoms with E-state index in [0.29, 0.717) is 0 Å². The molecule has 2 heterocycles. The molecular formula is C8H10ClNO3S. The number of rotatable bonds is 1. The molecule has 0 aromatic rings. The van der Waals surface area contributed by atoms with Gasteiger partial charge in [0.2, 0.25) is 5.91 Å². The van der Waals surface area contributed by atoms with Crippen molar-refractivity contribution in [2.75, 3.05) is 5.75 Å². The normalized spacial score (nSPS) is 29.6. The molecule has 14 heavy (non-hydrogen) atoms. The highest BCUT2D eigenvalue weighted by Crippen LogP contribution is 2.39. The third-order valence-electron chi connectivity index (χ3n) is 2.19. The highest BCUT2D eigenvalue weighted by Gasteiger charge is 2.52. The fraction of sp³-hybridized carbons (Fsp3) is 0.500. The first-order valence-corrected chi connectivity index (χ1v) is 5.00. The lowest BCUT2D eigenvalue weighted by atomic mass is 9.98. The van der Waals surface area contributed by atoms with E-state index in [-0.39, 0.29) is 23.7 Å². The number of β-lactam (4-membered cyclic amide) rings is 1. The van der Waals surface area contributed by atoms with Crippen molar-refractivity contribution in [3.63, 3.8) is 0 Å². The first-order chi connectivity index (χ1) is 6.11. The summed E-state index contributed by atoms with van der Waals surface area (Å²) in [5.74, 6) is -1.30. The lowest BCUT2D eigenvalue weighted by Crippen LogP contribution is -2.60. The van der Waals surface area contributed by atoms with Crippen molar-refractivity contribution in [1.29, 1.82) is 0 Å². The van der Waals surface area contributed by atoms with Crippen LogP contribution in [0.4, 0.5) is 0 Å². The van der Waals surface area contributed by atoms with E-state index >= 15 is 0 Å². The van der Waals surface area contributed by atoms with Crippen LogP contribution in [-0.4, -0.2) is 33.0 Å². The molecule has 0 spiro atoms. The maximum absolute atomic E-state index is 11.3. The van der Waals surface area contributed by atoms with Crippen LogP contribution < -0.4 is 0 Å². The highest BCUT2D eigenvalue weighted by molar-refractivity contribution is 8.00. The van der Waals surface area contributed by atoms with E-state index in [0.717, 1.165) is 11.3 Å². The van der Waals surface area contributed by atoms with Crippen LogP contribution in [0.15, 0.2) is 11.8 Å². The zero-order valence-corrected chi connectivity index (χ0v) is 9.10. The second-order valence-electron chi connectivity index (χ2n) is 3.24. The molecule has 2 aliphatic heterocycles. The zero-order chi connectivity index (χ0) is 9.59. The van der Waals surface area contributed by atoms with Crippen molar-refractivity contribution in [3.8, 4) is 0 Å². The van der Waals surface area contributed by atoms with Gasteiger partial charge in [-0.05, 0) is 12.5 Å². The fourth-order valence-corrected chi connectivity index (χ4v) is 2.78. The molecule has 1 saturated heterocycles. The minimum absolute atomic E-state index is 0. The van der Waals surface area contributed by atoms with Crippen LogP contribution in [0.3, 0.4) is 0 Å². The largest absolute Gasteiger partial charge is 0.481 e. The molecule has 0 aromatic heterocycles. The topological polar surface area (TPSA) is 57.6 Å². The Morgan fingerprint density at radius 3 is 2.93 bits per heavy atom. The van der Waals surface area contributed by atoms with Crippen molar-refractivity contribution >= 4 is 36.0 Å². The Morgan fingerprint density at radius 1 is 1.71 bits per heavy atom. The molecular weight excluding hydrogens is 226 g/mol. The second-order valence-corrected chi connectivity index (χ2v) is 4.34. The van der Waals surface area contributed by atoms with Gasteiger partial charge in [-0.2, -0.15) is 0 Å². The number of aliphatic carboxylic acids is 1. The number of carbonyl (C=O) groups excluding carboxylic acids is 1. The molecule has 0 radical (unpaired) electrons. The van der Waals surface area contributed by atoms with Crippen LogP contribution in [0.1, 0.15) is 6.92 Å². The Balaban J connectivity index is 0.000000980. The molecule has 2 rings (SSSR count). The van der Waals surface area contributed by atoms with Gasteiger partial charge in [-0.1, -0.05) is 0 Å². The Kier molecular flexibility index (Phi) is 3.11. The number of fused-ring (bicyclic) bond motifs is 1. The number of carbonyl (C=O) groups is 2. The first kappa shape index (κ1) is 11.4. The number of carboxylic acids is 1. The lowest BCUT2D eigenvalue weighted by molar-refractivity contribution is -0.161. The van der Waals surface area contributed by atoms with Gasteiger partial charge in [0.1, 0.15) is 5.37 Å². The molecule has 0 aliphatic carbocycles. The van der Waals surface area contributed by atoms with E-state index < -0.39 is 11.9 Å². The van der Waals surface area contributed by atoms with Crippen LogP contribution in [0, 0.1) is 5.92 Å². The van der Waals surface area contributed by atoms with Gasteiger partial charge < -0.3 is 10.0 Å². The lowest BCUT2D eigenvalue weighted by Gasteiger charge is -2.45. The van der Waals surface area contributed by atoms with E-state index in [1.54, 1.807) is 6.20 Å². The van der Waals surface area contributed by atoms with Gasteiger partial charge in [0.05, 0.1) is 0 Å². The Hall–Kier alpha value is -0.680. The maximum atomic E-state index is 11.3. The predicted octanol–water partition coefficient (Wildman–Crippen LogP) is 0.928. The summed E-state index contributed by atoms with van der Waals surface area (Å²) in [6, 6.07) is 0. The summed E-state index contributed by atoms with van der Waals surface area (Å²) in [5.41, 5.74) is 1.11. The van der Waals surface area contributed by atoms with Crippen LogP contribution in [0.5, 0.6) is 0 Å². The monoisotopic (exact) mass is 235 g/mol. The molecule has 1 N–H and O–H groups in total. The molecule has 0 saturated carbocycles. The minimum Gasteiger partial charge on any atom is -0.481 e. The van der Waals surface area contributed by atoms with Gasteiger partial charge in [-0.25, -0.2) is 0 Å². The first-order valence-electron chi connectivity index (χ1n) is 3.95. The third-order valence-corrected chi connectivity index (χ3v) is 3.65. The highest BCUT2D eigenvalue weighted by atomic mass is 35.5. The average Bonchev–Trinajstić information content (AvgIpc) is 2.06. The van der Waals surface area contributed by atoms with Crippen LogP contribution >= 0.6 is 24.2 Å². The quantitative estimate of drug-likeness (QED) is 0.543. The molecule has 2 aliphatic rings. The summed E-state index contributed by atoms with van der Waals surface area (Å²) in [4.78, 5) is 23.4. The SMILES string of the molecule is CC1=CN2C(=O)C(C(=O)O)[C@@H]2SC1.Cl.